The molecule has 0 amide bonds. The van der Waals surface area contributed by atoms with Crippen LogP contribution in [-0.2, 0) is 0 Å². The minimum absolute atomic E-state index is 0.269. The van der Waals surface area contributed by atoms with E-state index in [0.29, 0.717) is 5.95 Å². The third kappa shape index (κ3) is 5.38. The first-order valence-corrected chi connectivity index (χ1v) is 19.3. The van der Waals surface area contributed by atoms with Crippen LogP contribution < -0.4 is 4.90 Å². The van der Waals surface area contributed by atoms with Crippen molar-refractivity contribution in [2.24, 2.45) is 0 Å². The van der Waals surface area contributed by atoms with E-state index in [9.17, 15) is 0 Å². The highest BCUT2D eigenvalue weighted by Gasteiger charge is 2.35. The standard InChI is InChI=1S/C52H36N4/c1-4-14-35(15-5-1)39-30-40(36-16-6-2-7-17-36)32-41(31-39)47-28-29-53-52(54-47)56-49-23-13-11-21-44(49)46-34-38(25-27-51(46)56)37-24-26-50-45(33-37)43-20-10-12-22-48(43)55(50)42-18-8-3-9-19-42/h1-25,27-34,50H,26H2. The van der Waals surface area contributed by atoms with Crippen LogP contribution in [0, 0.1) is 0 Å². The average molecular weight is 717 g/mol. The monoisotopic (exact) mass is 716 g/mol. The lowest BCUT2D eigenvalue weighted by Gasteiger charge is -2.29. The highest BCUT2D eigenvalue weighted by Crippen LogP contribution is 2.49. The van der Waals surface area contributed by atoms with Crippen LogP contribution in [0.3, 0.4) is 0 Å². The van der Waals surface area contributed by atoms with Gasteiger partial charge in [-0.3, -0.25) is 4.57 Å². The number of benzene rings is 7. The average Bonchev–Trinajstić information content (AvgIpc) is 3.79. The van der Waals surface area contributed by atoms with Crippen molar-refractivity contribution in [2.75, 3.05) is 4.90 Å². The van der Waals surface area contributed by atoms with Gasteiger partial charge in [-0.05, 0) is 112 Å². The van der Waals surface area contributed by atoms with Gasteiger partial charge in [0.25, 0.3) is 0 Å². The highest BCUT2D eigenvalue weighted by molar-refractivity contribution is 6.10. The summed E-state index contributed by atoms with van der Waals surface area (Å²) < 4.78 is 2.21. The SMILES string of the molecule is C1=C(c2ccc3c(c2)c2ccccc2n3-c2nccc(-c3cc(-c4ccccc4)cc(-c4ccccc4)c3)n2)C=C2c3ccccc3N(c3ccccc3)C2C1. The fraction of sp³-hybridized carbons (Fsp3) is 0.0385. The molecule has 0 radical (unpaired) electrons. The summed E-state index contributed by atoms with van der Waals surface area (Å²) in [6.07, 6.45) is 7.65. The zero-order valence-corrected chi connectivity index (χ0v) is 30.6. The van der Waals surface area contributed by atoms with E-state index in [1.54, 1.807) is 0 Å². The number of fused-ring (bicyclic) bond motifs is 6. The van der Waals surface area contributed by atoms with Crippen molar-refractivity contribution in [3.8, 4) is 39.5 Å². The molecule has 0 saturated carbocycles. The number of para-hydroxylation sites is 3. The topological polar surface area (TPSA) is 34.0 Å². The summed E-state index contributed by atoms with van der Waals surface area (Å²) in [5, 5.41) is 2.36. The molecule has 2 aliphatic rings. The molecule has 1 aliphatic heterocycles. The molecule has 0 bridgehead atoms. The molecule has 56 heavy (non-hydrogen) atoms. The number of hydrogen-bond acceptors (Lipinski definition) is 3. The zero-order chi connectivity index (χ0) is 37.0. The van der Waals surface area contributed by atoms with Gasteiger partial charge >= 0.3 is 0 Å². The predicted molar refractivity (Wildman–Crippen MR) is 232 cm³/mol. The number of anilines is 2. The van der Waals surface area contributed by atoms with Gasteiger partial charge in [-0.15, -0.1) is 0 Å². The lowest BCUT2D eigenvalue weighted by molar-refractivity contribution is 0.831. The van der Waals surface area contributed by atoms with Gasteiger partial charge in [-0.25, -0.2) is 9.97 Å². The fourth-order valence-corrected chi connectivity index (χ4v) is 8.75. The quantitative estimate of drug-likeness (QED) is 0.172. The van der Waals surface area contributed by atoms with Gasteiger partial charge in [0.05, 0.1) is 22.8 Å². The van der Waals surface area contributed by atoms with Crippen LogP contribution in [0.5, 0.6) is 0 Å². The number of nitrogens with zero attached hydrogens (tertiary/aromatic N) is 4. The Kier molecular flexibility index (Phi) is 7.59. The number of aromatic nitrogens is 3. The minimum Gasteiger partial charge on any atom is -0.333 e. The van der Waals surface area contributed by atoms with Crippen LogP contribution in [-0.4, -0.2) is 20.6 Å². The molecule has 1 unspecified atom stereocenters. The van der Waals surface area contributed by atoms with Gasteiger partial charge in [0.15, 0.2) is 0 Å². The summed E-state index contributed by atoms with van der Waals surface area (Å²) in [4.78, 5) is 12.7. The van der Waals surface area contributed by atoms with E-state index in [-0.39, 0.29) is 6.04 Å². The van der Waals surface area contributed by atoms with Crippen LogP contribution >= 0.6 is 0 Å². The van der Waals surface area contributed by atoms with Crippen LogP contribution in [0.2, 0.25) is 0 Å². The van der Waals surface area contributed by atoms with E-state index in [2.05, 4.69) is 198 Å². The van der Waals surface area contributed by atoms with Gasteiger partial charge in [-0.2, -0.15) is 0 Å². The molecule has 11 rings (SSSR count). The Morgan fingerprint density at radius 3 is 1.91 bits per heavy atom. The maximum absolute atomic E-state index is 5.28. The van der Waals surface area contributed by atoms with Gasteiger partial charge in [-0.1, -0.05) is 127 Å². The first-order valence-electron chi connectivity index (χ1n) is 19.3. The van der Waals surface area contributed by atoms with E-state index < -0.39 is 0 Å². The molecule has 264 valence electrons. The summed E-state index contributed by atoms with van der Waals surface area (Å²) in [6, 6.07) is 65.2. The van der Waals surface area contributed by atoms with Crippen molar-refractivity contribution in [3.63, 3.8) is 0 Å². The van der Waals surface area contributed by atoms with Crippen molar-refractivity contribution in [3.05, 3.63) is 211 Å². The molecule has 9 aromatic rings. The molecular weight excluding hydrogens is 681 g/mol. The molecule has 4 heteroatoms. The predicted octanol–water partition coefficient (Wildman–Crippen LogP) is 13.0. The molecule has 2 aromatic heterocycles. The lowest BCUT2D eigenvalue weighted by atomic mass is 9.89. The van der Waals surface area contributed by atoms with Crippen LogP contribution in [0.4, 0.5) is 11.4 Å². The molecule has 4 nitrogen and oxygen atoms in total. The van der Waals surface area contributed by atoms with E-state index >= 15 is 0 Å². The maximum Gasteiger partial charge on any atom is 0.235 e. The largest absolute Gasteiger partial charge is 0.333 e. The first kappa shape index (κ1) is 32.2. The Hall–Kier alpha value is -7.30. The van der Waals surface area contributed by atoms with Crippen LogP contribution in [0.25, 0.3) is 72.4 Å². The van der Waals surface area contributed by atoms with Crippen molar-refractivity contribution >= 4 is 44.3 Å². The molecular formula is C52H36N4. The molecule has 1 aliphatic carbocycles. The van der Waals surface area contributed by atoms with E-state index in [1.165, 1.54) is 55.5 Å². The van der Waals surface area contributed by atoms with Gasteiger partial charge < -0.3 is 4.90 Å². The Morgan fingerprint density at radius 1 is 0.500 bits per heavy atom. The normalized spacial score (nSPS) is 14.7. The van der Waals surface area contributed by atoms with Crippen LogP contribution in [0.15, 0.2) is 200 Å². The lowest BCUT2D eigenvalue weighted by Crippen LogP contribution is -2.27. The summed E-state index contributed by atoms with van der Waals surface area (Å²) in [5.41, 5.74) is 16.4. The van der Waals surface area contributed by atoms with E-state index in [4.69, 9.17) is 9.97 Å². The van der Waals surface area contributed by atoms with Crippen molar-refractivity contribution in [1.82, 2.24) is 14.5 Å². The summed E-state index contributed by atoms with van der Waals surface area (Å²) in [5.74, 6) is 0.651. The zero-order valence-electron chi connectivity index (χ0n) is 30.6. The molecule has 3 heterocycles. The second-order valence-corrected chi connectivity index (χ2v) is 14.6. The minimum atomic E-state index is 0.269. The Balaban J connectivity index is 1.01. The molecule has 7 aromatic carbocycles. The summed E-state index contributed by atoms with van der Waals surface area (Å²) in [7, 11) is 0. The first-order chi connectivity index (χ1) is 27.8. The molecule has 0 saturated heterocycles. The smallest absolute Gasteiger partial charge is 0.235 e. The fourth-order valence-electron chi connectivity index (χ4n) is 8.75. The summed E-state index contributed by atoms with van der Waals surface area (Å²) in [6.45, 7) is 0. The molecule has 1 atom stereocenters. The van der Waals surface area contributed by atoms with Gasteiger partial charge in [0, 0.05) is 39.5 Å². The molecule has 0 fully saturated rings. The van der Waals surface area contributed by atoms with E-state index in [0.717, 1.165) is 39.8 Å². The van der Waals surface area contributed by atoms with Crippen molar-refractivity contribution in [1.29, 1.82) is 0 Å². The van der Waals surface area contributed by atoms with E-state index in [1.807, 2.05) is 12.3 Å². The van der Waals surface area contributed by atoms with Gasteiger partial charge in [0.1, 0.15) is 0 Å². The number of allylic oxidation sites excluding steroid dienone is 2. The van der Waals surface area contributed by atoms with Crippen molar-refractivity contribution in [2.45, 2.75) is 12.5 Å². The third-order valence-electron chi connectivity index (χ3n) is 11.3. The Bertz CT molecular complexity index is 2940. The number of rotatable bonds is 6. The molecule has 0 spiro atoms. The Morgan fingerprint density at radius 2 is 1.14 bits per heavy atom. The molecule has 0 N–H and O–H groups in total. The second-order valence-electron chi connectivity index (χ2n) is 14.6. The summed E-state index contributed by atoms with van der Waals surface area (Å²) >= 11 is 0. The third-order valence-corrected chi connectivity index (χ3v) is 11.3. The van der Waals surface area contributed by atoms with Crippen molar-refractivity contribution < 1.29 is 0 Å². The number of hydrogen-bond donors (Lipinski definition) is 0. The van der Waals surface area contributed by atoms with Crippen LogP contribution in [0.1, 0.15) is 17.5 Å². The Labute approximate surface area is 326 Å². The second kappa shape index (κ2) is 13.2. The maximum atomic E-state index is 5.28. The highest BCUT2D eigenvalue weighted by atomic mass is 15.2. The van der Waals surface area contributed by atoms with Gasteiger partial charge in [0.2, 0.25) is 5.95 Å².